The number of ether oxygens (including phenoxy) is 1. The highest BCUT2D eigenvalue weighted by atomic mass is 32.2. The molecule has 0 aliphatic heterocycles. The molecule has 0 amide bonds. The summed E-state index contributed by atoms with van der Waals surface area (Å²) in [5.74, 6) is -0.968. The van der Waals surface area contributed by atoms with E-state index in [1.807, 2.05) is 159 Å². The molecule has 0 radical (unpaired) electrons. The van der Waals surface area contributed by atoms with Gasteiger partial charge in [-0.1, -0.05) is 78.9 Å². The Morgan fingerprint density at radius 1 is 0.689 bits per heavy atom. The maximum Gasteiger partial charge on any atom is 0.510 e. The molecule has 0 aliphatic rings. The number of carboxylic acids is 1. The van der Waals surface area contributed by atoms with Gasteiger partial charge in [-0.2, -0.15) is 18.6 Å². The third kappa shape index (κ3) is 25.5. The van der Waals surface area contributed by atoms with E-state index in [-0.39, 0.29) is 11.6 Å². The Balaban J connectivity index is 0.000000231. The first-order valence-corrected chi connectivity index (χ1v) is 27.2. The van der Waals surface area contributed by atoms with Crippen LogP contribution in [-0.4, -0.2) is 121 Å². The van der Waals surface area contributed by atoms with Gasteiger partial charge < -0.3 is 30.1 Å². The Morgan fingerprint density at radius 2 is 1.23 bits per heavy atom. The van der Waals surface area contributed by atoms with Gasteiger partial charge in [0.1, 0.15) is 5.69 Å². The maximum absolute atomic E-state index is 10.3. The summed E-state index contributed by atoms with van der Waals surface area (Å²) in [4.78, 5) is 38.7. The van der Waals surface area contributed by atoms with E-state index in [4.69, 9.17) is 19.1 Å². The number of nitrogens with two attached hydrogens (primary N) is 1. The first-order valence-electron chi connectivity index (χ1n) is 22.8. The largest absolute Gasteiger partial charge is 0.510 e. The van der Waals surface area contributed by atoms with Gasteiger partial charge in [-0.15, -0.1) is 0 Å². The average Bonchev–Trinajstić information content (AvgIpc) is 4.15. The van der Waals surface area contributed by atoms with Gasteiger partial charge >= 0.3 is 23.2 Å². The van der Waals surface area contributed by atoms with E-state index in [1.54, 1.807) is 49.1 Å². The molecule has 2 aromatic carbocycles. The van der Waals surface area contributed by atoms with Crippen LogP contribution in [0.15, 0.2) is 212 Å². The minimum Gasteiger partial charge on any atom is -0.480 e. The molecular formula is C52H61BN10O9SSi. The Hall–Kier alpha value is -7.93. The number of H-pyrrole nitrogens is 1. The summed E-state index contributed by atoms with van der Waals surface area (Å²) in [6, 6.07) is 51.0. The molecule has 386 valence electrons. The first-order chi connectivity index (χ1) is 35.6. The van der Waals surface area contributed by atoms with Crippen LogP contribution in [0.25, 0.3) is 28.3 Å². The highest BCUT2D eigenvalue weighted by Gasteiger charge is 2.20. The lowest BCUT2D eigenvalue weighted by Crippen LogP contribution is -2.43. The van der Waals surface area contributed by atoms with Crippen LogP contribution in [0, 0.1) is 6.92 Å². The Bertz CT molecular complexity index is 2890. The summed E-state index contributed by atoms with van der Waals surface area (Å²) < 4.78 is 41.0. The van der Waals surface area contributed by atoms with Crippen molar-refractivity contribution < 1.29 is 42.1 Å². The standard InChI is InChI=1S/C11H9N.C9H14BNO3.C9H9N3.C9H8N2.C7H11NOSi.C5H5NO3S.C2H5NO2/c1-2-6-10(7-3-1)11-8-4-5-9-12-11;1-2-13-7-8-14-10(12)9-5-3-4-6-11-9;1-7-6-9(12-11-7)8-4-2-3-5-10-8;1-2-5-9(6-3-1)11-8-4-7-10-11;1-10(2,9)7-5-3-4-6-8-7;7-10(8,9)5-3-1-2-4-6-5;3-1-2(4)5/h1-9H;3-6,12H,2,7-8H2,1H3;2-6H,1H3,(H,11,12);1-8H;3-6,9H,1-2H3;1-4H,(H,7,8,9);1,3H2,(H,4,5). The van der Waals surface area contributed by atoms with Crippen LogP contribution < -0.4 is 16.6 Å². The zero-order valence-electron chi connectivity index (χ0n) is 41.4. The second-order valence-corrected chi connectivity index (χ2v) is 20.2. The van der Waals surface area contributed by atoms with E-state index in [0.29, 0.717) is 25.4 Å². The number of carbonyl (C=O) groups is 1. The van der Waals surface area contributed by atoms with Gasteiger partial charge in [0.2, 0.25) is 8.32 Å². The number of carboxylic acid groups (broad SMARTS) is 1. The number of nitrogens with zero attached hydrogens (tertiary/aromatic N) is 8. The predicted molar refractivity (Wildman–Crippen MR) is 288 cm³/mol. The van der Waals surface area contributed by atoms with E-state index >= 15 is 0 Å². The SMILES string of the molecule is CCOCCOB(O)c1ccccn1.C[Si](C)(O)c1ccccn1.Cc1cc(-c2ccccn2)n[nH]1.NCC(=O)O.O=S(=O)(O)c1ccccn1.c1ccc(-c2ccccn2)cc1.c1ccc(-n2cccn2)cc1. The van der Waals surface area contributed by atoms with Crippen molar-refractivity contribution >= 4 is 42.4 Å². The van der Waals surface area contributed by atoms with Gasteiger partial charge in [-0.25, -0.2) is 9.67 Å². The van der Waals surface area contributed by atoms with E-state index in [0.717, 1.165) is 39.3 Å². The Morgan fingerprint density at radius 3 is 1.65 bits per heavy atom. The van der Waals surface area contributed by atoms with Crippen molar-refractivity contribution in [3.8, 4) is 28.3 Å². The minimum atomic E-state index is -4.11. The number of hydrogen-bond donors (Lipinski definition) is 6. The third-order valence-electron chi connectivity index (χ3n) is 8.91. The van der Waals surface area contributed by atoms with Crippen LogP contribution in [0.3, 0.4) is 0 Å². The lowest BCUT2D eigenvalue weighted by molar-refractivity contribution is -0.135. The van der Waals surface area contributed by atoms with Gasteiger partial charge in [0.05, 0.1) is 47.7 Å². The summed E-state index contributed by atoms with van der Waals surface area (Å²) in [5.41, 5.74) is 11.2. The van der Waals surface area contributed by atoms with Crippen molar-refractivity contribution in [2.24, 2.45) is 5.73 Å². The molecule has 0 saturated carbocycles. The lowest BCUT2D eigenvalue weighted by Gasteiger charge is -2.11. The first kappa shape index (κ1) is 60.4. The van der Waals surface area contributed by atoms with Gasteiger partial charge in [0.15, 0.2) is 5.03 Å². The summed E-state index contributed by atoms with van der Waals surface area (Å²) in [5, 5.41) is 28.7. The molecule has 9 aromatic rings. The zero-order chi connectivity index (χ0) is 53.9. The maximum atomic E-state index is 10.3. The van der Waals surface area contributed by atoms with Crippen LogP contribution >= 0.6 is 0 Å². The normalized spacial score (nSPS) is 10.2. The monoisotopic (exact) mass is 1040 g/mol. The third-order valence-corrected chi connectivity index (χ3v) is 11.2. The molecule has 9 rings (SSSR count). The molecular weight excluding hydrogens is 980 g/mol. The van der Waals surface area contributed by atoms with Crippen molar-refractivity contribution in [3.63, 3.8) is 0 Å². The van der Waals surface area contributed by atoms with Gasteiger partial charge in [-0.3, -0.25) is 34.4 Å². The summed E-state index contributed by atoms with van der Waals surface area (Å²) >= 11 is 0. The molecule has 0 unspecified atom stereocenters. The van der Waals surface area contributed by atoms with Crippen LogP contribution in [0.4, 0.5) is 0 Å². The fourth-order valence-corrected chi connectivity index (χ4v) is 6.74. The number of aryl methyl sites for hydroxylation is 1. The molecule has 0 spiro atoms. The second kappa shape index (κ2) is 34.4. The van der Waals surface area contributed by atoms with Crippen LogP contribution in [0.2, 0.25) is 13.1 Å². The van der Waals surface area contributed by atoms with Gasteiger partial charge in [0.25, 0.3) is 0 Å². The topological polar surface area (TPSA) is 288 Å². The molecule has 19 nitrogen and oxygen atoms in total. The van der Waals surface area contributed by atoms with E-state index < -0.39 is 31.5 Å². The Labute approximate surface area is 432 Å². The lowest BCUT2D eigenvalue weighted by atomic mass is 9.85. The van der Waals surface area contributed by atoms with Crippen molar-refractivity contribution in [1.29, 1.82) is 0 Å². The minimum absolute atomic E-state index is 0.278. The smallest absolute Gasteiger partial charge is 0.480 e. The number of aromatic amines is 1. The van der Waals surface area contributed by atoms with Crippen molar-refractivity contribution in [2.75, 3.05) is 26.4 Å². The van der Waals surface area contributed by atoms with Gasteiger partial charge in [0, 0.05) is 61.2 Å². The number of nitrogens with one attached hydrogen (secondary N) is 1. The van der Waals surface area contributed by atoms with E-state index in [9.17, 15) is 23.0 Å². The number of pyridine rings is 5. The van der Waals surface area contributed by atoms with Gasteiger partial charge in [-0.05, 0) is 112 Å². The van der Waals surface area contributed by atoms with Crippen molar-refractivity contribution in [1.82, 2.24) is 44.9 Å². The van der Waals surface area contributed by atoms with E-state index in [2.05, 4.69) is 58.1 Å². The molecule has 22 heteroatoms. The fraction of sp³-hybridized carbons (Fsp3) is 0.154. The number of para-hydroxylation sites is 1. The molecule has 7 heterocycles. The number of hydrogen-bond acceptors (Lipinski definition) is 15. The highest BCUT2D eigenvalue weighted by molar-refractivity contribution is 7.85. The van der Waals surface area contributed by atoms with Crippen LogP contribution in [0.1, 0.15) is 12.6 Å². The van der Waals surface area contributed by atoms with Crippen LogP contribution in [0.5, 0.6) is 0 Å². The second-order valence-electron chi connectivity index (χ2n) is 15.2. The Kier molecular flexibility index (Phi) is 28.1. The van der Waals surface area contributed by atoms with Crippen LogP contribution in [-0.2, 0) is 24.3 Å². The fourth-order valence-electron chi connectivity index (χ4n) is 5.40. The predicted octanol–water partition coefficient (Wildman–Crippen LogP) is 6.07. The molecule has 7 N–H and O–H groups in total. The molecule has 7 aromatic heterocycles. The molecule has 0 saturated heterocycles. The zero-order valence-corrected chi connectivity index (χ0v) is 43.2. The highest BCUT2D eigenvalue weighted by Crippen LogP contribution is 2.15. The molecule has 0 fully saturated rings. The van der Waals surface area contributed by atoms with Crippen molar-refractivity contribution in [2.45, 2.75) is 32.0 Å². The number of benzene rings is 2. The quantitative estimate of drug-likeness (QED) is 0.0460. The summed E-state index contributed by atoms with van der Waals surface area (Å²) in [6.07, 6.45) is 11.9. The van der Waals surface area contributed by atoms with Crippen molar-refractivity contribution in [3.05, 3.63) is 213 Å². The molecule has 0 aliphatic carbocycles. The number of rotatable bonds is 12. The molecule has 0 atom stereocenters. The summed E-state index contributed by atoms with van der Waals surface area (Å²) in [7, 11) is -7.22. The van der Waals surface area contributed by atoms with E-state index in [1.165, 1.54) is 18.3 Å². The molecule has 0 bridgehead atoms. The number of aromatic nitrogens is 9. The molecule has 74 heavy (non-hydrogen) atoms. The average molecular weight is 1040 g/mol. The number of aliphatic carboxylic acids is 1. The summed E-state index contributed by atoms with van der Waals surface area (Å²) in [6.45, 7) is 8.83.